The van der Waals surface area contributed by atoms with Crippen LogP contribution in [0.4, 0.5) is 5.82 Å². The van der Waals surface area contributed by atoms with Crippen molar-refractivity contribution >= 4 is 26.7 Å². The summed E-state index contributed by atoms with van der Waals surface area (Å²) in [6, 6.07) is 14.2. The van der Waals surface area contributed by atoms with Crippen LogP contribution in [0, 0.1) is 25.2 Å². The van der Waals surface area contributed by atoms with Crippen LogP contribution in [-0.4, -0.2) is 43.7 Å². The van der Waals surface area contributed by atoms with Gasteiger partial charge in [-0.05, 0) is 63.1 Å². The molecule has 0 amide bonds. The van der Waals surface area contributed by atoms with Crippen LogP contribution in [0.25, 0.3) is 11.0 Å². The molecule has 2 aromatic carbocycles. The predicted molar refractivity (Wildman–Crippen MR) is 123 cm³/mol. The first kappa shape index (κ1) is 22.2. The maximum absolute atomic E-state index is 13.6. The highest BCUT2D eigenvalue weighted by Crippen LogP contribution is 2.35. The highest BCUT2D eigenvalue weighted by Gasteiger charge is 2.36. The Morgan fingerprint density at radius 3 is 2.25 bits per heavy atom. The summed E-state index contributed by atoms with van der Waals surface area (Å²) in [6.07, 6.45) is -0.117. The van der Waals surface area contributed by atoms with Crippen molar-refractivity contribution in [3.8, 4) is 6.07 Å². The van der Waals surface area contributed by atoms with Crippen molar-refractivity contribution in [3.05, 3.63) is 59.3 Å². The number of nitrogens with zero attached hydrogens (tertiary/aromatic N) is 4. The first-order chi connectivity index (χ1) is 15.2. The topological polar surface area (TPSA) is 96.2 Å². The summed E-state index contributed by atoms with van der Waals surface area (Å²) < 4.78 is 33.0. The number of benzene rings is 2. The summed E-state index contributed by atoms with van der Waals surface area (Å²) in [7, 11) is -4.02. The second-order valence-corrected chi connectivity index (χ2v) is 10.4. The van der Waals surface area contributed by atoms with Crippen LogP contribution >= 0.6 is 0 Å². The number of para-hydroxylation sites is 2. The maximum atomic E-state index is 13.6. The number of aryl methyl sites for hydroxylation is 2. The molecule has 7 nitrogen and oxygen atoms in total. The van der Waals surface area contributed by atoms with Crippen LogP contribution in [-0.2, 0) is 14.6 Å². The second-order valence-electron chi connectivity index (χ2n) is 8.38. The van der Waals surface area contributed by atoms with Crippen molar-refractivity contribution in [2.24, 2.45) is 0 Å². The third-order valence-electron chi connectivity index (χ3n) is 5.78. The van der Waals surface area contributed by atoms with Gasteiger partial charge in [-0.1, -0.05) is 18.2 Å². The van der Waals surface area contributed by atoms with Gasteiger partial charge in [0.1, 0.15) is 5.69 Å². The van der Waals surface area contributed by atoms with Crippen LogP contribution in [0.15, 0.2) is 47.4 Å². The molecule has 32 heavy (non-hydrogen) atoms. The molecule has 1 saturated heterocycles. The fourth-order valence-electron chi connectivity index (χ4n) is 4.07. The molecule has 4 rings (SSSR count). The molecule has 1 aliphatic rings. The lowest BCUT2D eigenvalue weighted by molar-refractivity contribution is -0.00550. The lowest BCUT2D eigenvalue weighted by Crippen LogP contribution is -2.46. The molecule has 8 heteroatoms. The molecule has 0 N–H and O–H groups in total. The zero-order valence-corrected chi connectivity index (χ0v) is 19.4. The van der Waals surface area contributed by atoms with Crippen molar-refractivity contribution in [2.45, 2.75) is 50.0 Å². The number of fused-ring (bicyclic) bond motifs is 1. The van der Waals surface area contributed by atoms with Gasteiger partial charge >= 0.3 is 0 Å². The van der Waals surface area contributed by atoms with E-state index >= 15 is 0 Å². The Morgan fingerprint density at radius 1 is 1.03 bits per heavy atom. The minimum absolute atomic E-state index is 0.0586. The molecule has 3 aromatic rings. The Morgan fingerprint density at radius 2 is 1.66 bits per heavy atom. The zero-order chi connectivity index (χ0) is 23.0. The van der Waals surface area contributed by atoms with E-state index in [4.69, 9.17) is 9.72 Å². The molecular weight excluding hydrogens is 424 g/mol. The molecule has 3 atom stereocenters. The van der Waals surface area contributed by atoms with Crippen LogP contribution in [0.2, 0.25) is 0 Å². The van der Waals surface area contributed by atoms with Gasteiger partial charge in [-0.3, -0.25) is 0 Å². The third kappa shape index (κ3) is 4.06. The molecule has 166 valence electrons. The van der Waals surface area contributed by atoms with Gasteiger partial charge < -0.3 is 9.64 Å². The minimum Gasteiger partial charge on any atom is -0.372 e. The quantitative estimate of drug-likeness (QED) is 0.595. The predicted octanol–water partition coefficient (Wildman–Crippen LogP) is 3.90. The van der Waals surface area contributed by atoms with Crippen LogP contribution < -0.4 is 4.90 Å². The van der Waals surface area contributed by atoms with E-state index in [1.807, 2.05) is 56.9 Å². The van der Waals surface area contributed by atoms with E-state index in [1.165, 1.54) is 0 Å². The van der Waals surface area contributed by atoms with E-state index in [0.717, 1.165) is 11.1 Å². The summed E-state index contributed by atoms with van der Waals surface area (Å²) in [5.41, 5.74) is 3.20. The first-order valence-electron chi connectivity index (χ1n) is 10.6. The maximum Gasteiger partial charge on any atom is 0.200 e. The molecule has 0 spiro atoms. The minimum atomic E-state index is -4.02. The lowest BCUT2D eigenvalue weighted by Gasteiger charge is -2.37. The van der Waals surface area contributed by atoms with E-state index in [2.05, 4.69) is 4.98 Å². The highest BCUT2D eigenvalue weighted by atomic mass is 32.2. The zero-order valence-electron chi connectivity index (χ0n) is 18.6. The molecule has 1 aliphatic heterocycles. The van der Waals surface area contributed by atoms with Gasteiger partial charge in [0.05, 0.1) is 34.2 Å². The first-order valence-corrected chi connectivity index (χ1v) is 12.1. The standard InChI is InChI=1S/C24H26N4O3S/c1-15-9-10-19(11-16(15)2)32(29,30)22(12-25)23-24(28-13-17(3)31-18(4)14-28)27-21-8-6-5-7-20(21)26-23/h5-11,17-18,22H,13-14H2,1-4H3/t17-,18-,22+/m1/s1. The molecule has 0 bridgehead atoms. The molecule has 2 heterocycles. The number of sulfone groups is 1. The van der Waals surface area contributed by atoms with Crippen molar-refractivity contribution in [1.82, 2.24) is 9.97 Å². The normalized spacial score (nSPS) is 20.2. The molecule has 1 aromatic heterocycles. The van der Waals surface area contributed by atoms with Gasteiger partial charge in [-0.2, -0.15) is 5.26 Å². The van der Waals surface area contributed by atoms with Gasteiger partial charge in [0.15, 0.2) is 11.1 Å². The van der Waals surface area contributed by atoms with Crippen molar-refractivity contribution in [3.63, 3.8) is 0 Å². The van der Waals surface area contributed by atoms with Crippen LogP contribution in [0.3, 0.4) is 0 Å². The number of hydrogen-bond acceptors (Lipinski definition) is 7. The number of hydrogen-bond donors (Lipinski definition) is 0. The molecule has 0 unspecified atom stereocenters. The summed E-state index contributed by atoms with van der Waals surface area (Å²) in [6.45, 7) is 8.77. The Bertz CT molecular complexity index is 1310. The molecular formula is C24H26N4O3S. The summed E-state index contributed by atoms with van der Waals surface area (Å²) >= 11 is 0. The van der Waals surface area contributed by atoms with Crippen LogP contribution in [0.1, 0.15) is 35.9 Å². The number of aromatic nitrogens is 2. The Balaban J connectivity index is 1.90. The smallest absolute Gasteiger partial charge is 0.200 e. The second kappa shape index (κ2) is 8.49. The molecule has 1 fully saturated rings. The average molecular weight is 451 g/mol. The monoisotopic (exact) mass is 450 g/mol. The molecule has 0 aliphatic carbocycles. The Hall–Kier alpha value is -3.02. The summed E-state index contributed by atoms with van der Waals surface area (Å²) in [5.74, 6) is 0.421. The number of anilines is 1. The van der Waals surface area contributed by atoms with E-state index < -0.39 is 15.1 Å². The average Bonchev–Trinajstić information content (AvgIpc) is 2.74. The van der Waals surface area contributed by atoms with E-state index in [0.29, 0.717) is 29.9 Å². The van der Waals surface area contributed by atoms with E-state index in [9.17, 15) is 13.7 Å². The molecule has 0 radical (unpaired) electrons. The van der Waals surface area contributed by atoms with Crippen molar-refractivity contribution in [2.75, 3.05) is 18.0 Å². The third-order valence-corrected chi connectivity index (χ3v) is 7.64. The van der Waals surface area contributed by atoms with Gasteiger partial charge in [-0.15, -0.1) is 0 Å². The fourth-order valence-corrected chi connectivity index (χ4v) is 5.53. The Kier molecular flexibility index (Phi) is 5.89. The summed E-state index contributed by atoms with van der Waals surface area (Å²) in [4.78, 5) is 11.5. The van der Waals surface area contributed by atoms with E-state index in [1.54, 1.807) is 24.3 Å². The molecule has 0 saturated carbocycles. The van der Waals surface area contributed by atoms with Crippen molar-refractivity contribution < 1.29 is 13.2 Å². The number of morpholine rings is 1. The highest BCUT2D eigenvalue weighted by molar-refractivity contribution is 7.92. The Labute approximate surface area is 188 Å². The summed E-state index contributed by atoms with van der Waals surface area (Å²) in [5, 5.41) is 8.58. The number of ether oxygens (including phenoxy) is 1. The fraction of sp³-hybridized carbons (Fsp3) is 0.375. The van der Waals surface area contributed by atoms with Gasteiger partial charge in [0.2, 0.25) is 9.84 Å². The number of rotatable bonds is 4. The van der Waals surface area contributed by atoms with Gasteiger partial charge in [0, 0.05) is 13.1 Å². The van der Waals surface area contributed by atoms with Crippen LogP contribution in [0.5, 0.6) is 0 Å². The SMILES string of the molecule is Cc1ccc(S(=O)(=O)[C@@H](C#N)c2nc3ccccc3nc2N2C[C@@H](C)O[C@H](C)C2)cc1C. The largest absolute Gasteiger partial charge is 0.372 e. The van der Waals surface area contributed by atoms with Crippen molar-refractivity contribution in [1.29, 1.82) is 5.26 Å². The van der Waals surface area contributed by atoms with E-state index in [-0.39, 0.29) is 22.8 Å². The lowest BCUT2D eigenvalue weighted by atomic mass is 10.1. The van der Waals surface area contributed by atoms with Gasteiger partial charge in [-0.25, -0.2) is 18.4 Å². The number of nitriles is 1. The van der Waals surface area contributed by atoms with Gasteiger partial charge in [0.25, 0.3) is 0 Å².